The van der Waals surface area contributed by atoms with Gasteiger partial charge < -0.3 is 10.6 Å². The third-order valence-corrected chi connectivity index (χ3v) is 5.40. The number of hydrogen-bond acceptors (Lipinski definition) is 2. The Kier molecular flexibility index (Phi) is 5.87. The van der Waals surface area contributed by atoms with Crippen molar-refractivity contribution in [1.29, 1.82) is 0 Å². The zero-order chi connectivity index (χ0) is 14.8. The number of carbonyl (C=O) groups excluding carboxylic acids is 1. The van der Waals surface area contributed by atoms with Gasteiger partial charge in [-0.15, -0.1) is 12.4 Å². The molecule has 0 spiro atoms. The maximum Gasteiger partial charge on any atom is 0.227 e. The molecule has 1 aliphatic carbocycles. The van der Waals surface area contributed by atoms with Crippen molar-refractivity contribution in [1.82, 2.24) is 4.90 Å². The van der Waals surface area contributed by atoms with E-state index >= 15 is 0 Å². The van der Waals surface area contributed by atoms with E-state index in [-0.39, 0.29) is 30.3 Å². The molecule has 0 aromatic heterocycles. The molecule has 1 amide bonds. The molecule has 1 aliphatic heterocycles. The van der Waals surface area contributed by atoms with Gasteiger partial charge >= 0.3 is 0 Å². The van der Waals surface area contributed by atoms with E-state index in [1.54, 1.807) is 0 Å². The highest BCUT2D eigenvalue weighted by molar-refractivity contribution is 5.85. The average molecular weight is 323 g/mol. The van der Waals surface area contributed by atoms with E-state index in [4.69, 9.17) is 5.73 Å². The highest BCUT2D eigenvalue weighted by Crippen LogP contribution is 2.37. The number of carbonyl (C=O) groups is 1. The first-order valence-corrected chi connectivity index (χ1v) is 8.26. The summed E-state index contributed by atoms with van der Waals surface area (Å²) in [5, 5.41) is 0. The van der Waals surface area contributed by atoms with E-state index in [9.17, 15) is 4.79 Å². The minimum Gasteiger partial charge on any atom is -0.342 e. The molecule has 2 fully saturated rings. The topological polar surface area (TPSA) is 46.3 Å². The Morgan fingerprint density at radius 3 is 2.23 bits per heavy atom. The molecule has 22 heavy (non-hydrogen) atoms. The van der Waals surface area contributed by atoms with Crippen LogP contribution in [-0.4, -0.2) is 23.9 Å². The van der Waals surface area contributed by atoms with Gasteiger partial charge in [0.2, 0.25) is 5.91 Å². The van der Waals surface area contributed by atoms with Crippen molar-refractivity contribution >= 4 is 18.3 Å². The molecule has 0 bridgehead atoms. The Labute approximate surface area is 139 Å². The lowest BCUT2D eigenvalue weighted by atomic mass is 9.82. The van der Waals surface area contributed by atoms with Crippen molar-refractivity contribution in [3.63, 3.8) is 0 Å². The highest BCUT2D eigenvalue weighted by Gasteiger charge is 2.38. The molecule has 1 saturated heterocycles. The maximum atomic E-state index is 12.7. The van der Waals surface area contributed by atoms with Gasteiger partial charge in [-0.05, 0) is 30.2 Å². The lowest BCUT2D eigenvalue weighted by Crippen LogP contribution is -2.38. The molecule has 3 rings (SSSR count). The number of nitrogens with zero attached hydrogens (tertiary/aromatic N) is 1. The molecule has 2 N–H and O–H groups in total. The number of hydrogen-bond donors (Lipinski definition) is 1. The quantitative estimate of drug-likeness (QED) is 0.927. The van der Waals surface area contributed by atoms with Gasteiger partial charge in [0.1, 0.15) is 0 Å². The first kappa shape index (κ1) is 17.3. The summed E-state index contributed by atoms with van der Waals surface area (Å²) < 4.78 is 0. The number of halogens is 1. The zero-order valence-corrected chi connectivity index (χ0v) is 14.1. The Morgan fingerprint density at radius 2 is 1.68 bits per heavy atom. The Balaban J connectivity index is 0.00000176. The fraction of sp³-hybridized carbons (Fsp3) is 0.611. The maximum absolute atomic E-state index is 12.7. The van der Waals surface area contributed by atoms with Crippen molar-refractivity contribution in [3.05, 3.63) is 35.9 Å². The van der Waals surface area contributed by atoms with Gasteiger partial charge in [-0.2, -0.15) is 0 Å². The predicted octanol–water partition coefficient (Wildman–Crippen LogP) is 3.39. The van der Waals surface area contributed by atoms with Crippen LogP contribution < -0.4 is 5.73 Å². The smallest absolute Gasteiger partial charge is 0.227 e. The largest absolute Gasteiger partial charge is 0.342 e. The fourth-order valence-corrected chi connectivity index (χ4v) is 3.99. The molecular weight excluding hydrogens is 296 g/mol. The molecule has 1 saturated carbocycles. The van der Waals surface area contributed by atoms with Gasteiger partial charge in [-0.3, -0.25) is 4.79 Å². The van der Waals surface area contributed by atoms with E-state index < -0.39 is 0 Å². The van der Waals surface area contributed by atoms with Crippen molar-refractivity contribution in [2.24, 2.45) is 23.5 Å². The van der Waals surface area contributed by atoms with Crippen LogP contribution in [-0.2, 0) is 4.79 Å². The zero-order valence-electron chi connectivity index (χ0n) is 13.3. The molecule has 4 heteroatoms. The molecule has 1 aromatic carbocycles. The fourth-order valence-electron chi connectivity index (χ4n) is 3.99. The van der Waals surface area contributed by atoms with Gasteiger partial charge in [-0.1, -0.05) is 50.1 Å². The Morgan fingerprint density at radius 1 is 1.14 bits per heavy atom. The lowest BCUT2D eigenvalue weighted by Gasteiger charge is -2.25. The SMILES string of the molecule is CC(C(=O)N1CC2CCCCC2C1)C(N)c1ccccc1.Cl. The van der Waals surface area contributed by atoms with E-state index in [1.807, 2.05) is 37.3 Å². The van der Waals surface area contributed by atoms with E-state index in [2.05, 4.69) is 4.90 Å². The van der Waals surface area contributed by atoms with Gasteiger partial charge in [0.15, 0.2) is 0 Å². The first-order chi connectivity index (χ1) is 10.2. The average Bonchev–Trinajstić information content (AvgIpc) is 2.97. The second-order valence-electron chi connectivity index (χ2n) is 6.77. The Hall–Kier alpha value is -1.06. The summed E-state index contributed by atoms with van der Waals surface area (Å²) in [7, 11) is 0. The number of benzene rings is 1. The molecule has 122 valence electrons. The molecule has 1 heterocycles. The predicted molar refractivity (Wildman–Crippen MR) is 91.8 cm³/mol. The third-order valence-electron chi connectivity index (χ3n) is 5.40. The van der Waals surface area contributed by atoms with Crippen LogP contribution in [0.2, 0.25) is 0 Å². The van der Waals surface area contributed by atoms with Gasteiger partial charge in [0, 0.05) is 19.1 Å². The number of rotatable bonds is 3. The van der Waals surface area contributed by atoms with Crippen molar-refractivity contribution in [3.8, 4) is 0 Å². The third kappa shape index (κ3) is 3.47. The summed E-state index contributed by atoms with van der Waals surface area (Å²) in [6, 6.07) is 9.76. The van der Waals surface area contributed by atoms with Gasteiger partial charge in [0.25, 0.3) is 0 Å². The number of likely N-dealkylation sites (tertiary alicyclic amines) is 1. The van der Waals surface area contributed by atoms with Crippen molar-refractivity contribution in [2.75, 3.05) is 13.1 Å². The Bertz CT molecular complexity index is 479. The lowest BCUT2D eigenvalue weighted by molar-refractivity contribution is -0.134. The van der Waals surface area contributed by atoms with Crippen LogP contribution in [0.4, 0.5) is 0 Å². The summed E-state index contributed by atoms with van der Waals surface area (Å²) in [5.41, 5.74) is 7.36. The molecule has 2 aliphatic rings. The molecule has 4 unspecified atom stereocenters. The molecule has 1 aromatic rings. The van der Waals surface area contributed by atoms with Crippen LogP contribution in [0.1, 0.15) is 44.2 Å². The van der Waals surface area contributed by atoms with Crippen LogP contribution >= 0.6 is 12.4 Å². The first-order valence-electron chi connectivity index (χ1n) is 8.26. The van der Waals surface area contributed by atoms with E-state index in [0.717, 1.165) is 30.5 Å². The van der Waals surface area contributed by atoms with Gasteiger partial charge in [-0.25, -0.2) is 0 Å². The minimum atomic E-state index is -0.207. The molecule has 4 atom stereocenters. The van der Waals surface area contributed by atoms with E-state index in [0.29, 0.717) is 0 Å². The number of fused-ring (bicyclic) bond motifs is 1. The molecule has 3 nitrogen and oxygen atoms in total. The van der Waals surface area contributed by atoms with Crippen LogP contribution in [0.5, 0.6) is 0 Å². The monoisotopic (exact) mass is 322 g/mol. The van der Waals surface area contributed by atoms with Crippen LogP contribution in [0.15, 0.2) is 30.3 Å². The molecule has 0 radical (unpaired) electrons. The van der Waals surface area contributed by atoms with Crippen molar-refractivity contribution in [2.45, 2.75) is 38.6 Å². The minimum absolute atomic E-state index is 0. The summed E-state index contributed by atoms with van der Waals surface area (Å²) >= 11 is 0. The second-order valence-corrected chi connectivity index (χ2v) is 6.77. The summed E-state index contributed by atoms with van der Waals surface area (Å²) in [4.78, 5) is 14.8. The number of nitrogens with two attached hydrogens (primary N) is 1. The summed E-state index contributed by atoms with van der Waals surface area (Å²) in [6.45, 7) is 3.88. The van der Waals surface area contributed by atoms with Gasteiger partial charge in [0.05, 0.1) is 5.92 Å². The van der Waals surface area contributed by atoms with Crippen LogP contribution in [0.25, 0.3) is 0 Å². The number of amides is 1. The summed E-state index contributed by atoms with van der Waals surface area (Å²) in [6.07, 6.45) is 5.27. The van der Waals surface area contributed by atoms with Crippen LogP contribution in [0.3, 0.4) is 0 Å². The summed E-state index contributed by atoms with van der Waals surface area (Å²) in [5.74, 6) is 1.57. The molecular formula is C18H27ClN2O. The highest BCUT2D eigenvalue weighted by atomic mass is 35.5. The standard InChI is InChI=1S/C18H26N2O.ClH/c1-13(17(19)14-7-3-2-4-8-14)18(21)20-11-15-9-5-6-10-16(15)12-20;/h2-4,7-8,13,15-17H,5-6,9-12,19H2,1H3;1H. The normalized spacial score (nSPS) is 26.7. The van der Waals surface area contributed by atoms with Crippen molar-refractivity contribution < 1.29 is 4.79 Å². The van der Waals surface area contributed by atoms with E-state index in [1.165, 1.54) is 25.7 Å². The van der Waals surface area contributed by atoms with Crippen LogP contribution in [0, 0.1) is 17.8 Å². The second kappa shape index (κ2) is 7.47.